The third-order valence-electron chi connectivity index (χ3n) is 2.52. The Kier molecular flexibility index (Phi) is 3.48. The van der Waals surface area contributed by atoms with Crippen LogP contribution >= 0.6 is 11.6 Å². The van der Waals surface area contributed by atoms with Gasteiger partial charge in [-0.3, -0.25) is 0 Å². The Balaban J connectivity index is 2.30. The van der Waals surface area contributed by atoms with E-state index in [1.807, 2.05) is 12.1 Å². The summed E-state index contributed by atoms with van der Waals surface area (Å²) in [5.74, 6) is 0. The Bertz CT molecular complexity index is 562. The van der Waals surface area contributed by atoms with Gasteiger partial charge in [0.05, 0.1) is 11.6 Å². The largest absolute Gasteiger partial charge is 0.443 e. The Morgan fingerprint density at radius 2 is 1.76 bits per heavy atom. The Hall–Kier alpha value is -1.76. The molecule has 0 fully saturated rings. The molecule has 0 aliphatic rings. The average Bonchev–Trinajstić information content (AvgIpc) is 2.38. The van der Waals surface area contributed by atoms with E-state index in [0.717, 1.165) is 10.9 Å². The van der Waals surface area contributed by atoms with Crippen molar-refractivity contribution in [3.63, 3.8) is 0 Å². The van der Waals surface area contributed by atoms with Gasteiger partial charge in [-0.1, -0.05) is 35.9 Å². The highest BCUT2D eigenvalue weighted by Crippen LogP contribution is 2.04. The van der Waals surface area contributed by atoms with Crippen LogP contribution in [0.15, 0.2) is 48.5 Å². The van der Waals surface area contributed by atoms with Crippen LogP contribution in [0.5, 0.6) is 0 Å². The maximum Gasteiger partial charge on any atom is 0.359 e. The smallest absolute Gasteiger partial charge is 0.359 e. The van der Waals surface area contributed by atoms with Gasteiger partial charge in [0.15, 0.2) is 0 Å². The SMILES string of the molecule is N#Cc1ccc(B(O)c2cccc(Cl)c2)cc1. The second-order valence-corrected chi connectivity index (χ2v) is 4.13. The molecule has 0 aromatic heterocycles. The number of rotatable bonds is 2. The molecule has 17 heavy (non-hydrogen) atoms. The molecule has 0 saturated carbocycles. The zero-order chi connectivity index (χ0) is 12.3. The van der Waals surface area contributed by atoms with Gasteiger partial charge in [-0.05, 0) is 35.2 Å². The summed E-state index contributed by atoms with van der Waals surface area (Å²) in [5, 5.41) is 19.4. The molecule has 1 N–H and O–H groups in total. The lowest BCUT2D eigenvalue weighted by Gasteiger charge is -2.07. The number of hydrogen-bond donors (Lipinski definition) is 1. The summed E-state index contributed by atoms with van der Waals surface area (Å²) in [4.78, 5) is 0. The van der Waals surface area contributed by atoms with Gasteiger partial charge in [-0.25, -0.2) is 0 Å². The summed E-state index contributed by atoms with van der Waals surface area (Å²) < 4.78 is 0. The lowest BCUT2D eigenvalue weighted by molar-refractivity contribution is 0.600. The quantitative estimate of drug-likeness (QED) is 0.806. The first-order chi connectivity index (χ1) is 8.20. The van der Waals surface area contributed by atoms with Crippen molar-refractivity contribution in [1.82, 2.24) is 0 Å². The van der Waals surface area contributed by atoms with E-state index in [4.69, 9.17) is 16.9 Å². The molecule has 0 atom stereocenters. The van der Waals surface area contributed by atoms with Gasteiger partial charge >= 0.3 is 6.92 Å². The molecule has 4 heteroatoms. The summed E-state index contributed by atoms with van der Waals surface area (Å²) >= 11 is 5.87. The molecule has 0 unspecified atom stereocenters. The Labute approximate surface area is 105 Å². The van der Waals surface area contributed by atoms with E-state index < -0.39 is 6.92 Å². The Morgan fingerprint density at radius 3 is 2.35 bits per heavy atom. The summed E-state index contributed by atoms with van der Waals surface area (Å²) in [6.45, 7) is -0.721. The topological polar surface area (TPSA) is 44.0 Å². The minimum atomic E-state index is -0.721. The molecule has 0 saturated heterocycles. The third kappa shape index (κ3) is 2.68. The average molecular weight is 241 g/mol. The molecular weight excluding hydrogens is 232 g/mol. The fraction of sp³-hybridized carbons (Fsp3) is 0. The van der Waals surface area contributed by atoms with Crippen molar-refractivity contribution in [3.05, 3.63) is 59.1 Å². The number of hydrogen-bond acceptors (Lipinski definition) is 2. The first-order valence-corrected chi connectivity index (χ1v) is 5.52. The van der Waals surface area contributed by atoms with Crippen molar-refractivity contribution in [2.24, 2.45) is 0 Å². The molecule has 0 radical (unpaired) electrons. The van der Waals surface area contributed by atoms with Gasteiger partial charge in [-0.15, -0.1) is 0 Å². The number of nitrogens with zero attached hydrogens (tertiary/aromatic N) is 1. The maximum atomic E-state index is 10.1. The zero-order valence-corrected chi connectivity index (χ0v) is 9.72. The van der Waals surface area contributed by atoms with E-state index in [2.05, 4.69) is 0 Å². The van der Waals surface area contributed by atoms with Crippen molar-refractivity contribution in [1.29, 1.82) is 5.26 Å². The van der Waals surface area contributed by atoms with Crippen LogP contribution in [0.4, 0.5) is 0 Å². The molecule has 0 aliphatic carbocycles. The second kappa shape index (κ2) is 5.05. The van der Waals surface area contributed by atoms with Crippen LogP contribution in [0, 0.1) is 11.3 Å². The molecule has 0 aliphatic heterocycles. The van der Waals surface area contributed by atoms with E-state index in [0.29, 0.717) is 10.6 Å². The lowest BCUT2D eigenvalue weighted by Crippen LogP contribution is -2.42. The van der Waals surface area contributed by atoms with E-state index in [-0.39, 0.29) is 0 Å². The van der Waals surface area contributed by atoms with Gasteiger partial charge in [0, 0.05) is 5.02 Å². The molecule has 0 bridgehead atoms. The van der Waals surface area contributed by atoms with Crippen molar-refractivity contribution in [2.45, 2.75) is 0 Å². The summed E-state index contributed by atoms with van der Waals surface area (Å²) in [5.41, 5.74) is 2.06. The third-order valence-corrected chi connectivity index (χ3v) is 2.76. The molecule has 2 nitrogen and oxygen atoms in total. The minimum Gasteiger partial charge on any atom is -0.443 e. The molecule has 0 spiro atoms. The normalized spacial score (nSPS) is 9.71. The van der Waals surface area contributed by atoms with E-state index in [1.54, 1.807) is 42.5 Å². The monoisotopic (exact) mass is 241 g/mol. The highest BCUT2D eigenvalue weighted by atomic mass is 35.5. The molecule has 2 rings (SSSR count). The van der Waals surface area contributed by atoms with Crippen LogP contribution in [-0.4, -0.2) is 11.9 Å². The van der Waals surface area contributed by atoms with Gasteiger partial charge in [-0.2, -0.15) is 5.26 Å². The van der Waals surface area contributed by atoms with Crippen molar-refractivity contribution < 1.29 is 5.02 Å². The van der Waals surface area contributed by atoms with Gasteiger partial charge in [0.1, 0.15) is 0 Å². The van der Waals surface area contributed by atoms with Crippen molar-refractivity contribution in [3.8, 4) is 6.07 Å². The van der Waals surface area contributed by atoms with E-state index >= 15 is 0 Å². The highest BCUT2D eigenvalue weighted by molar-refractivity contribution is 6.79. The van der Waals surface area contributed by atoms with E-state index in [9.17, 15) is 5.02 Å². The molecule has 0 heterocycles. The minimum absolute atomic E-state index is 0.576. The van der Waals surface area contributed by atoms with Crippen LogP contribution in [-0.2, 0) is 0 Å². The molecule has 0 amide bonds. The lowest BCUT2D eigenvalue weighted by atomic mass is 9.56. The van der Waals surface area contributed by atoms with Gasteiger partial charge in [0.25, 0.3) is 0 Å². The number of halogens is 1. The first kappa shape index (κ1) is 11.7. The second-order valence-electron chi connectivity index (χ2n) is 3.69. The summed E-state index contributed by atoms with van der Waals surface area (Å²) in [7, 11) is 0. The standard InChI is InChI=1S/C13H9BClNO/c15-13-3-1-2-12(8-13)14(17)11-6-4-10(9-16)5-7-11/h1-8,17H. The first-order valence-electron chi connectivity index (χ1n) is 5.14. The van der Waals surface area contributed by atoms with Crippen LogP contribution in [0.1, 0.15) is 5.56 Å². The number of nitriles is 1. The molecule has 2 aromatic rings. The van der Waals surface area contributed by atoms with Crippen molar-refractivity contribution in [2.75, 3.05) is 0 Å². The summed E-state index contributed by atoms with van der Waals surface area (Å²) in [6, 6.07) is 16.0. The van der Waals surface area contributed by atoms with Crippen LogP contribution in [0.3, 0.4) is 0 Å². The predicted molar refractivity (Wildman–Crippen MR) is 69.8 cm³/mol. The zero-order valence-electron chi connectivity index (χ0n) is 8.97. The number of benzene rings is 2. The van der Waals surface area contributed by atoms with Crippen LogP contribution in [0.25, 0.3) is 0 Å². The fourth-order valence-corrected chi connectivity index (χ4v) is 1.81. The Morgan fingerprint density at radius 1 is 1.06 bits per heavy atom. The van der Waals surface area contributed by atoms with E-state index in [1.165, 1.54) is 0 Å². The van der Waals surface area contributed by atoms with Crippen LogP contribution < -0.4 is 10.9 Å². The molecule has 82 valence electrons. The fourth-order valence-electron chi connectivity index (χ4n) is 1.61. The predicted octanol–water partition coefficient (Wildman–Crippen LogP) is 1.31. The molecular formula is C13H9BClNO. The highest BCUT2D eigenvalue weighted by Gasteiger charge is 2.16. The maximum absolute atomic E-state index is 10.1. The van der Waals surface area contributed by atoms with Gasteiger partial charge < -0.3 is 5.02 Å². The van der Waals surface area contributed by atoms with Crippen LogP contribution in [0.2, 0.25) is 5.02 Å². The van der Waals surface area contributed by atoms with Crippen molar-refractivity contribution >= 4 is 29.4 Å². The summed E-state index contributed by atoms with van der Waals surface area (Å²) in [6.07, 6.45) is 0. The van der Waals surface area contributed by atoms with Gasteiger partial charge in [0.2, 0.25) is 0 Å². The molecule has 2 aromatic carbocycles.